The quantitative estimate of drug-likeness (QED) is 0.561. The number of likely N-dealkylation sites (N-methyl/N-ethyl adjacent to an activating group) is 1. The van der Waals surface area contributed by atoms with Gasteiger partial charge in [-0.15, -0.1) is 0 Å². The fourth-order valence-electron chi connectivity index (χ4n) is 3.31. The van der Waals surface area contributed by atoms with Gasteiger partial charge in [0.15, 0.2) is 0 Å². The first-order valence-electron chi connectivity index (χ1n) is 10.3. The van der Waals surface area contributed by atoms with Crippen molar-refractivity contribution in [3.05, 3.63) is 53.6 Å². The minimum Gasteiger partial charge on any atom is -0.497 e. The zero-order valence-corrected chi connectivity index (χ0v) is 20.6. The van der Waals surface area contributed by atoms with Crippen LogP contribution in [0.5, 0.6) is 11.5 Å². The van der Waals surface area contributed by atoms with Crippen LogP contribution in [0.2, 0.25) is 0 Å². The number of aryl methyl sites for hydroxylation is 1. The van der Waals surface area contributed by atoms with Crippen molar-refractivity contribution in [1.82, 2.24) is 10.2 Å². The molecule has 2 rings (SSSR count). The SMILES string of the molecule is CNC(=O)[C@H](C)N(Cc1ccc(OC)cc1)C(=O)CN(c1cc(C)ccc1OC)S(C)(=O)=O. The second kappa shape index (κ2) is 11.0. The second-order valence-corrected chi connectivity index (χ2v) is 9.51. The highest BCUT2D eigenvalue weighted by molar-refractivity contribution is 7.92. The molecule has 0 bridgehead atoms. The third-order valence-electron chi connectivity index (χ3n) is 5.21. The highest BCUT2D eigenvalue weighted by atomic mass is 32.2. The van der Waals surface area contributed by atoms with Gasteiger partial charge in [-0.1, -0.05) is 18.2 Å². The summed E-state index contributed by atoms with van der Waals surface area (Å²) in [5.41, 5.74) is 1.82. The Morgan fingerprint density at radius 2 is 1.70 bits per heavy atom. The van der Waals surface area contributed by atoms with E-state index < -0.39 is 28.5 Å². The summed E-state index contributed by atoms with van der Waals surface area (Å²) in [5.74, 6) is 0.0810. The summed E-state index contributed by atoms with van der Waals surface area (Å²) >= 11 is 0. The summed E-state index contributed by atoms with van der Waals surface area (Å²) < 4.78 is 36.8. The average molecular weight is 478 g/mol. The average Bonchev–Trinajstić information content (AvgIpc) is 2.79. The van der Waals surface area contributed by atoms with Gasteiger partial charge in [-0.3, -0.25) is 13.9 Å². The zero-order chi connectivity index (χ0) is 24.8. The molecule has 0 aliphatic rings. The van der Waals surface area contributed by atoms with E-state index >= 15 is 0 Å². The molecule has 2 aromatic rings. The third kappa shape index (κ3) is 6.61. The lowest BCUT2D eigenvalue weighted by Gasteiger charge is -2.31. The molecule has 0 radical (unpaired) electrons. The lowest BCUT2D eigenvalue weighted by atomic mass is 10.1. The topological polar surface area (TPSA) is 105 Å². The lowest BCUT2D eigenvalue weighted by molar-refractivity contribution is -0.139. The van der Waals surface area contributed by atoms with Crippen molar-refractivity contribution in [1.29, 1.82) is 0 Å². The first-order chi connectivity index (χ1) is 15.5. The van der Waals surface area contributed by atoms with Crippen molar-refractivity contribution in [2.75, 3.05) is 38.4 Å². The van der Waals surface area contributed by atoms with Crippen LogP contribution in [-0.2, 0) is 26.2 Å². The van der Waals surface area contributed by atoms with E-state index in [2.05, 4.69) is 5.32 Å². The molecule has 0 aromatic heterocycles. The van der Waals surface area contributed by atoms with E-state index in [4.69, 9.17) is 9.47 Å². The van der Waals surface area contributed by atoms with Gasteiger partial charge < -0.3 is 19.7 Å². The number of ether oxygens (including phenoxy) is 2. The van der Waals surface area contributed by atoms with Crippen molar-refractivity contribution in [2.24, 2.45) is 0 Å². The van der Waals surface area contributed by atoms with Crippen molar-refractivity contribution < 1.29 is 27.5 Å². The molecule has 0 spiro atoms. The van der Waals surface area contributed by atoms with E-state index in [0.717, 1.165) is 21.7 Å². The normalized spacial score (nSPS) is 11.9. The Labute approximate surface area is 195 Å². The van der Waals surface area contributed by atoms with Crippen LogP contribution in [0.25, 0.3) is 0 Å². The molecule has 10 heteroatoms. The molecule has 0 heterocycles. The Kier molecular flexibility index (Phi) is 8.69. The van der Waals surface area contributed by atoms with Gasteiger partial charge in [-0.25, -0.2) is 8.42 Å². The second-order valence-electron chi connectivity index (χ2n) is 7.60. The van der Waals surface area contributed by atoms with E-state index in [-0.39, 0.29) is 18.1 Å². The highest BCUT2D eigenvalue weighted by Gasteiger charge is 2.30. The third-order valence-corrected chi connectivity index (χ3v) is 6.33. The Bertz CT molecular complexity index is 1090. The van der Waals surface area contributed by atoms with E-state index in [1.807, 2.05) is 6.92 Å². The van der Waals surface area contributed by atoms with Crippen molar-refractivity contribution in [3.63, 3.8) is 0 Å². The number of nitrogens with one attached hydrogen (secondary N) is 1. The van der Waals surface area contributed by atoms with Crippen molar-refractivity contribution in [2.45, 2.75) is 26.4 Å². The number of anilines is 1. The molecule has 0 saturated heterocycles. The zero-order valence-electron chi connectivity index (χ0n) is 19.8. The van der Waals surface area contributed by atoms with Gasteiger partial charge >= 0.3 is 0 Å². The van der Waals surface area contributed by atoms with Crippen LogP contribution in [0.3, 0.4) is 0 Å². The summed E-state index contributed by atoms with van der Waals surface area (Å²) in [7, 11) is 0.625. The molecule has 0 fully saturated rings. The van der Waals surface area contributed by atoms with Crippen LogP contribution in [-0.4, -0.2) is 65.2 Å². The highest BCUT2D eigenvalue weighted by Crippen LogP contribution is 2.31. The summed E-state index contributed by atoms with van der Waals surface area (Å²) in [6.07, 6.45) is 1.03. The molecule has 0 saturated carbocycles. The maximum absolute atomic E-state index is 13.4. The number of methoxy groups -OCH3 is 2. The summed E-state index contributed by atoms with van der Waals surface area (Å²) in [6.45, 7) is 3.03. The monoisotopic (exact) mass is 477 g/mol. The molecule has 33 heavy (non-hydrogen) atoms. The number of rotatable bonds is 10. The molecule has 2 aromatic carbocycles. The van der Waals surface area contributed by atoms with Crippen molar-refractivity contribution in [3.8, 4) is 11.5 Å². The van der Waals surface area contributed by atoms with Crippen LogP contribution in [0.4, 0.5) is 5.69 Å². The maximum Gasteiger partial charge on any atom is 0.244 e. The van der Waals surface area contributed by atoms with Gasteiger partial charge in [0.1, 0.15) is 24.1 Å². The summed E-state index contributed by atoms with van der Waals surface area (Å²) in [5, 5.41) is 2.54. The molecular formula is C23H31N3O6S. The van der Waals surface area contributed by atoms with E-state index in [9.17, 15) is 18.0 Å². The van der Waals surface area contributed by atoms with Gasteiger partial charge in [0.2, 0.25) is 21.8 Å². The van der Waals surface area contributed by atoms with Crippen LogP contribution in [0, 0.1) is 6.92 Å². The van der Waals surface area contributed by atoms with Crippen LogP contribution in [0.15, 0.2) is 42.5 Å². The smallest absolute Gasteiger partial charge is 0.244 e. The molecule has 1 atom stereocenters. The number of benzene rings is 2. The Hall–Kier alpha value is -3.27. The largest absolute Gasteiger partial charge is 0.497 e. The molecule has 180 valence electrons. The predicted octanol–water partition coefficient (Wildman–Crippen LogP) is 1.94. The van der Waals surface area contributed by atoms with E-state index in [1.165, 1.54) is 19.1 Å². The van der Waals surface area contributed by atoms with Crippen LogP contribution >= 0.6 is 0 Å². The van der Waals surface area contributed by atoms with Crippen LogP contribution in [0.1, 0.15) is 18.1 Å². The van der Waals surface area contributed by atoms with Crippen LogP contribution < -0.4 is 19.1 Å². The number of carbonyl (C=O) groups is 2. The van der Waals surface area contributed by atoms with E-state index in [1.54, 1.807) is 56.5 Å². The number of hydrogen-bond donors (Lipinski definition) is 1. The fourth-order valence-corrected chi connectivity index (χ4v) is 4.15. The Morgan fingerprint density at radius 1 is 1.06 bits per heavy atom. The molecule has 9 nitrogen and oxygen atoms in total. The first-order valence-corrected chi connectivity index (χ1v) is 12.1. The molecule has 2 amide bonds. The fraction of sp³-hybridized carbons (Fsp3) is 0.391. The van der Waals surface area contributed by atoms with Gasteiger partial charge in [-0.05, 0) is 49.2 Å². The molecule has 0 aliphatic carbocycles. The first kappa shape index (κ1) is 26.0. The molecule has 0 unspecified atom stereocenters. The standard InChI is InChI=1S/C23H31N3O6S/c1-16-7-12-21(32-5)20(13-16)26(33(6,29)30)15-22(27)25(17(2)23(28)24-3)14-18-8-10-19(31-4)11-9-18/h7-13,17H,14-15H2,1-6H3,(H,24,28)/t17-/m0/s1. The van der Waals surface area contributed by atoms with Gasteiger partial charge in [0, 0.05) is 13.6 Å². The Balaban J connectivity index is 2.44. The summed E-state index contributed by atoms with van der Waals surface area (Å²) in [6, 6.07) is 11.3. The van der Waals surface area contributed by atoms with Gasteiger partial charge in [0.25, 0.3) is 0 Å². The molecule has 0 aliphatic heterocycles. The number of nitrogens with zero attached hydrogens (tertiary/aromatic N) is 2. The van der Waals surface area contributed by atoms with Gasteiger partial charge in [0.05, 0.1) is 26.2 Å². The van der Waals surface area contributed by atoms with Gasteiger partial charge in [-0.2, -0.15) is 0 Å². The Morgan fingerprint density at radius 3 is 2.21 bits per heavy atom. The summed E-state index contributed by atoms with van der Waals surface area (Å²) in [4.78, 5) is 27.1. The number of amides is 2. The number of sulfonamides is 1. The lowest BCUT2D eigenvalue weighted by Crippen LogP contribution is -2.50. The van der Waals surface area contributed by atoms with E-state index in [0.29, 0.717) is 11.5 Å². The predicted molar refractivity (Wildman–Crippen MR) is 127 cm³/mol. The maximum atomic E-state index is 13.4. The number of hydrogen-bond acceptors (Lipinski definition) is 6. The van der Waals surface area contributed by atoms with Crippen molar-refractivity contribution >= 4 is 27.5 Å². The minimum absolute atomic E-state index is 0.111. The number of carbonyl (C=O) groups excluding carboxylic acids is 2. The molecule has 1 N–H and O–H groups in total. The molecular weight excluding hydrogens is 446 g/mol. The minimum atomic E-state index is -3.84.